The van der Waals surface area contributed by atoms with E-state index in [1.807, 2.05) is 13.0 Å². The molecule has 0 saturated carbocycles. The minimum absolute atomic E-state index is 0.0352. The Hall–Kier alpha value is -1.27. The van der Waals surface area contributed by atoms with Crippen molar-refractivity contribution < 1.29 is 9.66 Å². The molecule has 0 aliphatic carbocycles. The smallest absolute Gasteiger partial charge is 0.311 e. The van der Waals surface area contributed by atoms with Gasteiger partial charge in [0.05, 0.1) is 10.3 Å². The Balaban J connectivity index is 2.06. The first kappa shape index (κ1) is 12.2. The molecule has 1 saturated heterocycles. The van der Waals surface area contributed by atoms with E-state index >= 15 is 0 Å². The molecule has 1 N–H and O–H groups in total. The maximum absolute atomic E-state index is 10.9. The molecular weight excluding hydrogens is 240 g/mol. The molecular formula is C11H14N2O3S. The number of nitro groups is 1. The predicted molar refractivity (Wildman–Crippen MR) is 67.6 cm³/mol. The standard InChI is InChI=1S/C11H14N2O3S/c1-8-2-3-10(9(6-8)13(14)15)16-7-11-12-4-5-17-11/h2-3,6,11-12H,4-5,7H2,1H3. The molecule has 92 valence electrons. The van der Waals surface area contributed by atoms with Crippen LogP contribution in [0, 0.1) is 17.0 Å². The summed E-state index contributed by atoms with van der Waals surface area (Å²) in [5.41, 5.74) is 0.894. The zero-order valence-electron chi connectivity index (χ0n) is 9.51. The highest BCUT2D eigenvalue weighted by molar-refractivity contribution is 8.00. The molecule has 1 aromatic rings. The van der Waals surface area contributed by atoms with Crippen molar-refractivity contribution in [2.75, 3.05) is 18.9 Å². The lowest BCUT2D eigenvalue weighted by Gasteiger charge is -2.11. The molecule has 1 aromatic carbocycles. The van der Waals surface area contributed by atoms with Crippen molar-refractivity contribution in [3.8, 4) is 5.75 Å². The largest absolute Gasteiger partial charge is 0.484 e. The zero-order chi connectivity index (χ0) is 12.3. The number of rotatable bonds is 4. The van der Waals surface area contributed by atoms with E-state index < -0.39 is 4.92 Å². The summed E-state index contributed by atoms with van der Waals surface area (Å²) in [6.45, 7) is 3.24. The van der Waals surface area contributed by atoms with Crippen LogP contribution < -0.4 is 10.1 Å². The topological polar surface area (TPSA) is 64.4 Å². The van der Waals surface area contributed by atoms with Crippen molar-refractivity contribution in [1.29, 1.82) is 0 Å². The number of hydrogen-bond acceptors (Lipinski definition) is 5. The van der Waals surface area contributed by atoms with Gasteiger partial charge < -0.3 is 10.1 Å². The summed E-state index contributed by atoms with van der Waals surface area (Å²) in [6.07, 6.45) is 0. The van der Waals surface area contributed by atoms with Crippen molar-refractivity contribution >= 4 is 17.4 Å². The van der Waals surface area contributed by atoms with Gasteiger partial charge in [-0.2, -0.15) is 0 Å². The summed E-state index contributed by atoms with van der Waals surface area (Å²) >= 11 is 1.77. The zero-order valence-corrected chi connectivity index (χ0v) is 10.3. The Morgan fingerprint density at radius 2 is 2.47 bits per heavy atom. The summed E-state index contributed by atoms with van der Waals surface area (Å²) in [4.78, 5) is 10.5. The second-order valence-electron chi connectivity index (χ2n) is 3.85. The van der Waals surface area contributed by atoms with Crippen LogP contribution in [0.4, 0.5) is 5.69 Å². The molecule has 0 radical (unpaired) electrons. The molecule has 5 nitrogen and oxygen atoms in total. The molecule has 1 fully saturated rings. The van der Waals surface area contributed by atoms with Crippen LogP contribution in [-0.4, -0.2) is 29.2 Å². The van der Waals surface area contributed by atoms with Gasteiger partial charge in [0, 0.05) is 18.4 Å². The van der Waals surface area contributed by atoms with Gasteiger partial charge in [-0.05, 0) is 18.6 Å². The van der Waals surface area contributed by atoms with Gasteiger partial charge in [0.25, 0.3) is 0 Å². The molecule has 0 bridgehead atoms. The Bertz CT molecular complexity index is 419. The fraction of sp³-hybridized carbons (Fsp3) is 0.455. The van der Waals surface area contributed by atoms with Gasteiger partial charge in [-0.25, -0.2) is 0 Å². The first-order valence-electron chi connectivity index (χ1n) is 5.39. The van der Waals surface area contributed by atoms with Gasteiger partial charge in [-0.15, -0.1) is 11.8 Å². The maximum atomic E-state index is 10.9. The monoisotopic (exact) mass is 254 g/mol. The lowest BCUT2D eigenvalue weighted by atomic mass is 10.2. The van der Waals surface area contributed by atoms with Crippen molar-refractivity contribution in [2.45, 2.75) is 12.3 Å². The Kier molecular flexibility index (Phi) is 3.86. The number of benzene rings is 1. The van der Waals surface area contributed by atoms with E-state index in [2.05, 4.69) is 5.32 Å². The van der Waals surface area contributed by atoms with E-state index in [9.17, 15) is 10.1 Å². The molecule has 1 aliphatic rings. The molecule has 1 unspecified atom stereocenters. The van der Waals surface area contributed by atoms with Crippen LogP contribution >= 0.6 is 11.8 Å². The highest BCUT2D eigenvalue weighted by Gasteiger charge is 2.19. The van der Waals surface area contributed by atoms with Crippen molar-refractivity contribution in [3.63, 3.8) is 0 Å². The molecule has 17 heavy (non-hydrogen) atoms. The third-order valence-electron chi connectivity index (χ3n) is 2.49. The third-order valence-corrected chi connectivity index (χ3v) is 3.64. The lowest BCUT2D eigenvalue weighted by Crippen LogP contribution is -2.26. The van der Waals surface area contributed by atoms with Gasteiger partial charge in [-0.1, -0.05) is 6.07 Å². The van der Waals surface area contributed by atoms with Crippen LogP contribution in [0.1, 0.15) is 5.56 Å². The van der Waals surface area contributed by atoms with Crippen molar-refractivity contribution in [2.24, 2.45) is 0 Å². The van der Waals surface area contributed by atoms with Crippen molar-refractivity contribution in [3.05, 3.63) is 33.9 Å². The van der Waals surface area contributed by atoms with Gasteiger partial charge in [-0.3, -0.25) is 10.1 Å². The fourth-order valence-electron chi connectivity index (χ4n) is 1.64. The highest BCUT2D eigenvalue weighted by Crippen LogP contribution is 2.28. The lowest BCUT2D eigenvalue weighted by molar-refractivity contribution is -0.385. The van der Waals surface area contributed by atoms with Crippen LogP contribution in [0.2, 0.25) is 0 Å². The second-order valence-corrected chi connectivity index (χ2v) is 5.16. The van der Waals surface area contributed by atoms with E-state index in [0.29, 0.717) is 12.4 Å². The van der Waals surface area contributed by atoms with Crippen LogP contribution in [0.3, 0.4) is 0 Å². The quantitative estimate of drug-likeness (QED) is 0.657. The number of thioether (sulfide) groups is 1. The summed E-state index contributed by atoms with van der Waals surface area (Å²) < 4.78 is 5.51. The minimum Gasteiger partial charge on any atom is -0.484 e. The molecule has 6 heteroatoms. The average Bonchev–Trinajstić information content (AvgIpc) is 2.80. The van der Waals surface area contributed by atoms with E-state index in [4.69, 9.17) is 4.74 Å². The third kappa shape index (κ3) is 3.10. The van der Waals surface area contributed by atoms with Gasteiger partial charge in [0.1, 0.15) is 6.61 Å². The van der Waals surface area contributed by atoms with E-state index in [0.717, 1.165) is 17.9 Å². The molecule has 1 aliphatic heterocycles. The molecule has 1 atom stereocenters. The van der Waals surface area contributed by atoms with E-state index in [1.54, 1.807) is 17.8 Å². The fourth-order valence-corrected chi connectivity index (χ4v) is 2.56. The molecule has 0 spiro atoms. The Morgan fingerprint density at radius 1 is 1.65 bits per heavy atom. The average molecular weight is 254 g/mol. The Labute approximate surface area is 104 Å². The minimum atomic E-state index is -0.405. The van der Waals surface area contributed by atoms with E-state index in [1.165, 1.54) is 6.07 Å². The number of nitrogens with one attached hydrogen (secondary N) is 1. The number of aryl methyl sites for hydroxylation is 1. The summed E-state index contributed by atoms with van der Waals surface area (Å²) in [6, 6.07) is 5.01. The SMILES string of the molecule is Cc1ccc(OCC2NCCS2)c([N+](=O)[O-])c1. The first-order valence-corrected chi connectivity index (χ1v) is 6.44. The molecule has 0 aromatic heterocycles. The first-order chi connectivity index (χ1) is 8.16. The number of nitrogens with zero attached hydrogens (tertiary/aromatic N) is 1. The number of nitro benzene ring substituents is 1. The van der Waals surface area contributed by atoms with Gasteiger partial charge in [0.15, 0.2) is 5.75 Å². The second kappa shape index (κ2) is 5.37. The van der Waals surface area contributed by atoms with Crippen LogP contribution in [-0.2, 0) is 0 Å². The maximum Gasteiger partial charge on any atom is 0.311 e. The van der Waals surface area contributed by atoms with Gasteiger partial charge in [0.2, 0.25) is 0 Å². The van der Waals surface area contributed by atoms with E-state index in [-0.39, 0.29) is 11.1 Å². The summed E-state index contributed by atoms with van der Waals surface area (Å²) in [5.74, 6) is 1.40. The van der Waals surface area contributed by atoms with Crippen LogP contribution in [0.25, 0.3) is 0 Å². The summed E-state index contributed by atoms with van der Waals surface area (Å²) in [5, 5.41) is 14.4. The Morgan fingerprint density at radius 3 is 3.12 bits per heavy atom. The normalized spacial score (nSPS) is 19.2. The number of ether oxygens (including phenoxy) is 1. The molecule has 2 rings (SSSR count). The number of hydrogen-bond donors (Lipinski definition) is 1. The van der Waals surface area contributed by atoms with Crippen LogP contribution in [0.5, 0.6) is 5.75 Å². The predicted octanol–water partition coefficient (Wildman–Crippen LogP) is 1.94. The van der Waals surface area contributed by atoms with Crippen LogP contribution in [0.15, 0.2) is 18.2 Å². The molecule has 1 heterocycles. The van der Waals surface area contributed by atoms with Gasteiger partial charge >= 0.3 is 5.69 Å². The summed E-state index contributed by atoms with van der Waals surface area (Å²) in [7, 11) is 0. The molecule has 0 amide bonds. The van der Waals surface area contributed by atoms with Crippen molar-refractivity contribution in [1.82, 2.24) is 5.32 Å². The highest BCUT2D eigenvalue weighted by atomic mass is 32.2.